The van der Waals surface area contributed by atoms with E-state index in [1.165, 1.54) is 25.7 Å². The van der Waals surface area contributed by atoms with Gasteiger partial charge in [-0.1, -0.05) is 129 Å². The second-order valence-corrected chi connectivity index (χ2v) is 20.6. The van der Waals surface area contributed by atoms with E-state index in [9.17, 15) is 68.7 Å². The number of unbranched alkanes of at least 4 members (excludes halogenated alkanes) is 16. The first-order valence-corrected chi connectivity index (χ1v) is 27.0. The summed E-state index contributed by atoms with van der Waals surface area (Å²) in [5.41, 5.74) is -1.83. The van der Waals surface area contributed by atoms with Gasteiger partial charge in [0.05, 0.1) is 38.3 Å². The molecule has 3 rings (SSSR count). The molecular formula is C43H75N3O20P2-2. The van der Waals surface area contributed by atoms with Gasteiger partial charge in [0.25, 0.3) is 21.2 Å². The normalized spacial score (nSPS) is 26.7. The van der Waals surface area contributed by atoms with Crippen LogP contribution in [-0.4, -0.2) is 126 Å². The van der Waals surface area contributed by atoms with Crippen molar-refractivity contribution < 1.29 is 86.7 Å². The van der Waals surface area contributed by atoms with Crippen LogP contribution in [0.25, 0.3) is 0 Å². The van der Waals surface area contributed by atoms with Crippen LogP contribution in [0.1, 0.15) is 161 Å². The average molecular weight is 1020 g/mol. The minimum atomic E-state index is -6.20. The van der Waals surface area contributed by atoms with Crippen molar-refractivity contribution in [2.24, 2.45) is 0 Å². The molecule has 0 saturated carbocycles. The second kappa shape index (κ2) is 31.1. The molecule has 8 N–H and O–H groups in total. The van der Waals surface area contributed by atoms with Crippen molar-refractivity contribution in [2.45, 2.75) is 222 Å². The van der Waals surface area contributed by atoms with E-state index >= 15 is 0 Å². The average Bonchev–Trinajstić information content (AvgIpc) is 3.54. The highest BCUT2D eigenvalue weighted by Gasteiger charge is 2.50. The smallest absolute Gasteiger partial charge is 0.330 e. The number of aromatic nitrogens is 2. The standard InChI is InChI=1S/C43H77N3O20P2/c1-3-5-7-9-11-13-15-17-19-21-29(48)25-34(51)44-36-40(64-35(52)26-30(49)22-20-18-16-14-12-10-8-6-4-2)38(54)31(27-47)63-42(36)65-68(59,60)66-67(57,58)61-28-32-37(53)39(55)41(62-32)46-24-23-33(50)45-43(46)56/h23-24,29-32,36-42,47-49,53-55H,3-22,25-28H2,1-2H3,(H,44,51)(H,57,58)(H,59,60)(H,45,50,56)/p-2/t29-,30-,31-,32-,36-,37-,38-,39-,40-,41-,42-/m1/s1. The third-order valence-electron chi connectivity index (χ3n) is 11.8. The molecule has 2 fully saturated rings. The topological polar surface area (TPSA) is 358 Å². The van der Waals surface area contributed by atoms with E-state index in [4.69, 9.17) is 18.7 Å². The van der Waals surface area contributed by atoms with E-state index in [2.05, 4.69) is 28.0 Å². The van der Waals surface area contributed by atoms with Crippen LogP contribution in [0.2, 0.25) is 0 Å². The van der Waals surface area contributed by atoms with Gasteiger partial charge in [0.15, 0.2) is 18.6 Å². The summed E-state index contributed by atoms with van der Waals surface area (Å²) in [5, 5.41) is 65.9. The molecule has 0 aromatic carbocycles. The largest absolute Gasteiger partial charge is 0.756 e. The molecule has 394 valence electrons. The highest BCUT2D eigenvalue weighted by molar-refractivity contribution is 7.59. The molecule has 2 aliphatic rings. The van der Waals surface area contributed by atoms with Gasteiger partial charge < -0.3 is 64.5 Å². The van der Waals surface area contributed by atoms with E-state index in [-0.39, 0.29) is 12.8 Å². The Kier molecular flexibility index (Phi) is 27.4. The Bertz CT molecular complexity index is 1840. The molecule has 0 aliphatic carbocycles. The Balaban J connectivity index is 1.70. The van der Waals surface area contributed by atoms with E-state index in [0.717, 1.165) is 89.3 Å². The van der Waals surface area contributed by atoms with Gasteiger partial charge in [0.2, 0.25) is 5.91 Å². The third-order valence-corrected chi connectivity index (χ3v) is 14.4. The first kappa shape index (κ1) is 59.9. The van der Waals surface area contributed by atoms with Gasteiger partial charge in [-0.3, -0.25) is 37.6 Å². The summed E-state index contributed by atoms with van der Waals surface area (Å²) in [5.74, 6) is -2.04. The third kappa shape index (κ3) is 21.5. The molecule has 13 atom stereocenters. The zero-order chi connectivity index (χ0) is 50.3. The molecule has 1 aromatic heterocycles. The van der Waals surface area contributed by atoms with Gasteiger partial charge in [0.1, 0.15) is 36.6 Å². The number of hydrogen-bond donors (Lipinski definition) is 8. The number of carbonyl (C=O) groups is 2. The number of amides is 1. The quantitative estimate of drug-likeness (QED) is 0.0274. The number of nitrogens with one attached hydrogen (secondary N) is 2. The molecule has 3 heterocycles. The van der Waals surface area contributed by atoms with E-state index < -0.39 is 132 Å². The lowest BCUT2D eigenvalue weighted by molar-refractivity contribution is -0.286. The summed E-state index contributed by atoms with van der Waals surface area (Å²) in [6.07, 6.45) is 1.10. The maximum Gasteiger partial charge on any atom is 0.330 e. The fourth-order valence-corrected chi connectivity index (χ4v) is 10.2. The monoisotopic (exact) mass is 1020 g/mol. The lowest BCUT2D eigenvalue weighted by atomic mass is 9.96. The van der Waals surface area contributed by atoms with Crippen molar-refractivity contribution in [3.8, 4) is 0 Å². The van der Waals surface area contributed by atoms with Crippen LogP contribution >= 0.6 is 15.6 Å². The van der Waals surface area contributed by atoms with Crippen molar-refractivity contribution in [3.05, 3.63) is 33.1 Å². The number of hydrogen-bond acceptors (Lipinski definition) is 20. The maximum atomic E-state index is 13.4. The Morgan fingerprint density at radius 2 is 1.29 bits per heavy atom. The van der Waals surface area contributed by atoms with Gasteiger partial charge in [0, 0.05) is 12.3 Å². The number of aromatic amines is 1. The van der Waals surface area contributed by atoms with Crippen LogP contribution in [0.5, 0.6) is 0 Å². The number of H-pyrrole nitrogens is 1. The van der Waals surface area contributed by atoms with Gasteiger partial charge in [-0.25, -0.2) is 9.11 Å². The van der Waals surface area contributed by atoms with Crippen LogP contribution in [0, 0.1) is 0 Å². The summed E-state index contributed by atoms with van der Waals surface area (Å²) >= 11 is 0. The van der Waals surface area contributed by atoms with Crippen molar-refractivity contribution in [3.63, 3.8) is 0 Å². The van der Waals surface area contributed by atoms with Gasteiger partial charge in [-0.15, -0.1) is 0 Å². The zero-order valence-corrected chi connectivity index (χ0v) is 41.0. The van der Waals surface area contributed by atoms with Gasteiger partial charge in [-0.05, 0) is 12.8 Å². The molecule has 2 unspecified atom stereocenters. The minimum absolute atomic E-state index is 0.228. The summed E-state index contributed by atoms with van der Waals surface area (Å²) in [6, 6.07) is -1.05. The molecule has 25 heteroatoms. The number of rotatable bonds is 35. The lowest BCUT2D eigenvalue weighted by Gasteiger charge is -2.45. The maximum absolute atomic E-state index is 13.4. The van der Waals surface area contributed by atoms with Crippen LogP contribution in [-0.2, 0) is 46.3 Å². The summed E-state index contributed by atoms with van der Waals surface area (Å²) in [4.78, 5) is 78.2. The van der Waals surface area contributed by atoms with E-state index in [1.807, 2.05) is 4.98 Å². The first-order valence-electron chi connectivity index (χ1n) is 24.1. The number of carbonyl (C=O) groups excluding carboxylic acids is 2. The molecule has 68 heavy (non-hydrogen) atoms. The zero-order valence-electron chi connectivity index (χ0n) is 39.2. The summed E-state index contributed by atoms with van der Waals surface area (Å²) in [6.45, 7) is 2.07. The fraction of sp³-hybridized carbons (Fsp3) is 0.860. The highest BCUT2D eigenvalue weighted by atomic mass is 31.3. The van der Waals surface area contributed by atoms with Crippen molar-refractivity contribution >= 4 is 27.5 Å². The Hall–Kier alpha value is -2.44. The molecule has 1 amide bonds. The number of nitrogens with zero attached hydrogens (tertiary/aromatic N) is 1. The molecular weight excluding hydrogens is 940 g/mol. The van der Waals surface area contributed by atoms with Crippen LogP contribution in [0.4, 0.5) is 0 Å². The van der Waals surface area contributed by atoms with E-state index in [0.29, 0.717) is 17.4 Å². The molecule has 0 bridgehead atoms. The molecule has 2 saturated heterocycles. The van der Waals surface area contributed by atoms with Crippen LogP contribution in [0.15, 0.2) is 21.9 Å². The molecule has 1 aromatic rings. The fourth-order valence-electron chi connectivity index (χ4n) is 8.07. The predicted octanol–water partition coefficient (Wildman–Crippen LogP) is 1.96. The second-order valence-electron chi connectivity index (χ2n) is 17.7. The first-order chi connectivity index (χ1) is 32.3. The number of phosphoric ester groups is 2. The Morgan fingerprint density at radius 1 is 0.765 bits per heavy atom. The van der Waals surface area contributed by atoms with Crippen LogP contribution in [0.3, 0.4) is 0 Å². The van der Waals surface area contributed by atoms with Crippen LogP contribution < -0.4 is 26.4 Å². The summed E-state index contributed by atoms with van der Waals surface area (Å²) in [7, 11) is -12.2. The lowest BCUT2D eigenvalue weighted by Crippen LogP contribution is -2.66. The van der Waals surface area contributed by atoms with Crippen molar-refractivity contribution in [1.29, 1.82) is 0 Å². The Labute approximate surface area is 397 Å². The molecule has 23 nitrogen and oxygen atoms in total. The Morgan fingerprint density at radius 3 is 1.82 bits per heavy atom. The summed E-state index contributed by atoms with van der Waals surface area (Å²) < 4.78 is 56.8. The molecule has 2 aliphatic heterocycles. The van der Waals surface area contributed by atoms with E-state index in [1.54, 1.807) is 0 Å². The van der Waals surface area contributed by atoms with Gasteiger partial charge in [-0.2, -0.15) is 0 Å². The predicted molar refractivity (Wildman–Crippen MR) is 239 cm³/mol. The number of aliphatic hydroxyl groups excluding tert-OH is 6. The van der Waals surface area contributed by atoms with Gasteiger partial charge >= 0.3 is 11.7 Å². The number of esters is 1. The molecule has 0 spiro atoms. The number of phosphoric acid groups is 2. The van der Waals surface area contributed by atoms with Crippen molar-refractivity contribution in [2.75, 3.05) is 13.2 Å². The van der Waals surface area contributed by atoms with Crippen molar-refractivity contribution in [1.82, 2.24) is 14.9 Å². The number of aliphatic hydroxyl groups is 6. The highest BCUT2D eigenvalue weighted by Crippen LogP contribution is 2.57. The minimum Gasteiger partial charge on any atom is -0.756 e. The SMILES string of the molecule is CCCCCCCCCCC[C@@H](O)CC(=O)N[C@H]1[C@@H](OP(=O)([O-])OP(=O)([O-])OC[C@H]2O[C@@H](n3ccc(=O)[nH]c3=O)[C@H](O)[C@@H]2O)O[C@H](CO)[C@@H](O)[C@@H]1OC(=O)C[C@H](O)CCCCCCCCCCC. The molecule has 0 radical (unpaired) electrons. The number of ether oxygens (including phenoxy) is 3.